The highest BCUT2D eigenvalue weighted by Gasteiger charge is 2.34. The van der Waals surface area contributed by atoms with Gasteiger partial charge in [-0.15, -0.1) is 0 Å². The molecule has 2 amide bonds. The van der Waals surface area contributed by atoms with Crippen molar-refractivity contribution in [3.05, 3.63) is 66.1 Å². The number of pyridine rings is 1. The maximum absolute atomic E-state index is 13.5. The Morgan fingerprint density at radius 1 is 1.25 bits per heavy atom. The van der Waals surface area contributed by atoms with Gasteiger partial charge >= 0.3 is 0 Å². The maximum Gasteiger partial charge on any atom is 0.250 e. The minimum absolute atomic E-state index is 0.0687. The molecule has 1 aliphatic heterocycles. The first-order valence-corrected chi connectivity index (χ1v) is 12.5. The SMILES string of the molecule is C=C(CCC(C)C)NC1Cc2cccc(NCC)c2N(Cc2ccccn2)C1=O.CC(C)(N)C(N)=O. The molecule has 1 aromatic heterocycles. The van der Waals surface area contributed by atoms with E-state index in [2.05, 4.69) is 55.1 Å². The van der Waals surface area contributed by atoms with E-state index < -0.39 is 11.4 Å². The number of para-hydroxylation sites is 1. The van der Waals surface area contributed by atoms with Crippen molar-refractivity contribution in [2.24, 2.45) is 17.4 Å². The number of allylic oxidation sites excluding steroid dienone is 1. The highest BCUT2D eigenvalue weighted by atomic mass is 16.2. The molecule has 0 aliphatic carbocycles. The number of hydrogen-bond acceptors (Lipinski definition) is 6. The molecule has 0 fully saturated rings. The Morgan fingerprint density at radius 3 is 2.50 bits per heavy atom. The monoisotopic (exact) mass is 494 g/mol. The molecule has 36 heavy (non-hydrogen) atoms. The molecule has 1 aliphatic rings. The highest BCUT2D eigenvalue weighted by molar-refractivity contribution is 6.03. The van der Waals surface area contributed by atoms with Crippen LogP contribution in [0.15, 0.2) is 54.9 Å². The van der Waals surface area contributed by atoms with Gasteiger partial charge in [0.05, 0.1) is 29.2 Å². The van der Waals surface area contributed by atoms with Crippen LogP contribution in [-0.4, -0.2) is 34.9 Å². The predicted molar refractivity (Wildman–Crippen MR) is 147 cm³/mol. The van der Waals surface area contributed by atoms with Gasteiger partial charge in [0.25, 0.3) is 0 Å². The first-order valence-electron chi connectivity index (χ1n) is 12.5. The van der Waals surface area contributed by atoms with E-state index in [4.69, 9.17) is 11.5 Å². The summed E-state index contributed by atoms with van der Waals surface area (Å²) < 4.78 is 0. The minimum atomic E-state index is -0.861. The number of nitrogens with one attached hydrogen (secondary N) is 2. The molecule has 1 aromatic carbocycles. The standard InChI is InChI=1S/C24H32N4O.C4H10N2O/c1-5-25-21-11-8-9-19-15-22(27-18(4)13-12-17(2)3)24(29)28(23(19)21)16-20-10-6-7-14-26-20;1-4(2,6)3(5)7/h6-11,14,17,22,25,27H,4-5,12-13,15-16H2,1-3H3;6H2,1-2H3,(H2,5,7). The molecule has 1 unspecified atom stereocenters. The van der Waals surface area contributed by atoms with Gasteiger partial charge in [0.1, 0.15) is 6.04 Å². The third-order valence-electron chi connectivity index (χ3n) is 5.83. The number of carbonyl (C=O) groups excluding carboxylic acids is 2. The molecule has 1 atom stereocenters. The number of aromatic nitrogens is 1. The van der Waals surface area contributed by atoms with E-state index in [1.165, 1.54) is 0 Å². The Bertz CT molecular complexity index is 1030. The molecule has 0 saturated heterocycles. The van der Waals surface area contributed by atoms with Crippen molar-refractivity contribution in [2.75, 3.05) is 16.8 Å². The van der Waals surface area contributed by atoms with Crippen LogP contribution in [0.2, 0.25) is 0 Å². The van der Waals surface area contributed by atoms with Gasteiger partial charge in [-0.3, -0.25) is 14.6 Å². The maximum atomic E-state index is 13.5. The van der Waals surface area contributed by atoms with E-state index in [0.717, 1.165) is 47.7 Å². The van der Waals surface area contributed by atoms with Crippen LogP contribution < -0.4 is 27.0 Å². The van der Waals surface area contributed by atoms with Crippen molar-refractivity contribution in [2.45, 2.75) is 72.0 Å². The second-order valence-electron chi connectivity index (χ2n) is 10.1. The molecular weight excluding hydrogens is 452 g/mol. The number of nitrogens with zero attached hydrogens (tertiary/aromatic N) is 2. The van der Waals surface area contributed by atoms with Crippen LogP contribution in [0.5, 0.6) is 0 Å². The van der Waals surface area contributed by atoms with Gasteiger partial charge in [-0.1, -0.05) is 38.6 Å². The molecule has 2 aromatic rings. The summed E-state index contributed by atoms with van der Waals surface area (Å²) in [4.78, 5) is 29.9. The van der Waals surface area contributed by atoms with Crippen LogP contribution in [-0.2, 0) is 22.6 Å². The quantitative estimate of drug-likeness (QED) is 0.399. The van der Waals surface area contributed by atoms with Crippen LogP contribution in [0, 0.1) is 5.92 Å². The number of hydrogen-bond donors (Lipinski definition) is 4. The molecule has 196 valence electrons. The summed E-state index contributed by atoms with van der Waals surface area (Å²) in [6.45, 7) is 15.0. The summed E-state index contributed by atoms with van der Waals surface area (Å²) in [5.74, 6) is 0.200. The van der Waals surface area contributed by atoms with Crippen molar-refractivity contribution >= 4 is 23.2 Å². The predicted octanol–water partition coefficient (Wildman–Crippen LogP) is 3.72. The Hall–Kier alpha value is -3.39. The van der Waals surface area contributed by atoms with Crippen molar-refractivity contribution in [1.82, 2.24) is 10.3 Å². The second kappa shape index (κ2) is 13.1. The minimum Gasteiger partial charge on any atom is -0.384 e. The summed E-state index contributed by atoms with van der Waals surface area (Å²) in [5, 5.41) is 6.81. The van der Waals surface area contributed by atoms with Gasteiger partial charge in [0.2, 0.25) is 11.8 Å². The van der Waals surface area contributed by atoms with Crippen LogP contribution >= 0.6 is 0 Å². The van der Waals surface area contributed by atoms with Crippen molar-refractivity contribution in [3.63, 3.8) is 0 Å². The lowest BCUT2D eigenvalue weighted by Crippen LogP contribution is -2.51. The van der Waals surface area contributed by atoms with Crippen LogP contribution in [0.25, 0.3) is 0 Å². The molecule has 0 spiro atoms. The van der Waals surface area contributed by atoms with E-state index in [0.29, 0.717) is 18.9 Å². The van der Waals surface area contributed by atoms with E-state index in [1.807, 2.05) is 29.2 Å². The summed E-state index contributed by atoms with van der Waals surface area (Å²) >= 11 is 0. The van der Waals surface area contributed by atoms with E-state index in [-0.39, 0.29) is 11.9 Å². The molecule has 0 saturated carbocycles. The summed E-state index contributed by atoms with van der Waals surface area (Å²) in [5.41, 5.74) is 14.1. The van der Waals surface area contributed by atoms with Crippen molar-refractivity contribution < 1.29 is 9.59 Å². The smallest absolute Gasteiger partial charge is 0.250 e. The van der Waals surface area contributed by atoms with Gasteiger partial charge in [-0.2, -0.15) is 0 Å². The van der Waals surface area contributed by atoms with Crippen LogP contribution in [0.4, 0.5) is 11.4 Å². The molecule has 6 N–H and O–H groups in total. The molecule has 3 rings (SSSR count). The number of primary amides is 1. The number of benzene rings is 1. The normalized spacial score (nSPS) is 15.0. The zero-order valence-corrected chi connectivity index (χ0v) is 22.3. The lowest BCUT2D eigenvalue weighted by molar-refractivity contribution is -0.122. The number of amides is 2. The summed E-state index contributed by atoms with van der Waals surface area (Å²) in [7, 11) is 0. The highest BCUT2D eigenvalue weighted by Crippen LogP contribution is 2.36. The van der Waals surface area contributed by atoms with Gasteiger partial charge < -0.3 is 27.0 Å². The van der Waals surface area contributed by atoms with Crippen molar-refractivity contribution in [3.8, 4) is 0 Å². The Balaban J connectivity index is 0.000000572. The molecule has 0 bridgehead atoms. The van der Waals surface area contributed by atoms with Crippen molar-refractivity contribution in [1.29, 1.82) is 0 Å². The zero-order valence-electron chi connectivity index (χ0n) is 22.3. The topological polar surface area (TPSA) is 126 Å². The third kappa shape index (κ3) is 8.37. The average molecular weight is 495 g/mol. The molecule has 2 heterocycles. The van der Waals surface area contributed by atoms with Crippen LogP contribution in [0.3, 0.4) is 0 Å². The number of fused-ring (bicyclic) bond motifs is 1. The summed E-state index contributed by atoms with van der Waals surface area (Å²) in [6, 6.07) is 11.7. The Labute approximate surface area is 215 Å². The average Bonchev–Trinajstić information content (AvgIpc) is 2.81. The number of anilines is 2. The molecule has 8 heteroatoms. The molecule has 0 radical (unpaired) electrons. The van der Waals surface area contributed by atoms with E-state index >= 15 is 0 Å². The Morgan fingerprint density at radius 2 is 1.94 bits per heavy atom. The number of rotatable bonds is 10. The van der Waals surface area contributed by atoms with Gasteiger partial charge in [-0.25, -0.2) is 0 Å². The van der Waals surface area contributed by atoms with Gasteiger partial charge in [0.15, 0.2) is 0 Å². The molecule has 8 nitrogen and oxygen atoms in total. The largest absolute Gasteiger partial charge is 0.384 e. The number of carbonyl (C=O) groups is 2. The fourth-order valence-electron chi connectivity index (χ4n) is 3.72. The number of nitrogens with two attached hydrogens (primary N) is 2. The van der Waals surface area contributed by atoms with Crippen LogP contribution in [0.1, 0.15) is 58.7 Å². The third-order valence-corrected chi connectivity index (χ3v) is 5.83. The lowest BCUT2D eigenvalue weighted by Gasteiger charge is -2.36. The fraction of sp³-hybridized carbons (Fsp3) is 0.464. The first kappa shape index (κ1) is 28.8. The first-order chi connectivity index (χ1) is 16.9. The van der Waals surface area contributed by atoms with Gasteiger partial charge in [-0.05, 0) is 63.3 Å². The lowest BCUT2D eigenvalue weighted by atomic mass is 9.95. The zero-order chi connectivity index (χ0) is 26.9. The van der Waals surface area contributed by atoms with E-state index in [1.54, 1.807) is 20.0 Å². The second-order valence-corrected chi connectivity index (χ2v) is 10.1. The van der Waals surface area contributed by atoms with E-state index in [9.17, 15) is 9.59 Å². The fourth-order valence-corrected chi connectivity index (χ4v) is 3.72. The van der Waals surface area contributed by atoms with Gasteiger partial charge in [0, 0.05) is 24.9 Å². The summed E-state index contributed by atoms with van der Waals surface area (Å²) in [6.07, 6.45) is 4.37. The molecular formula is C28H42N6O2. The Kier molecular flexibility index (Phi) is 10.5.